The van der Waals surface area contributed by atoms with Crippen LogP contribution in [0.25, 0.3) is 0 Å². The van der Waals surface area contributed by atoms with Crippen LogP contribution < -0.4 is 10.6 Å². The molecule has 1 aromatic rings. The maximum atomic E-state index is 11.0. The predicted octanol–water partition coefficient (Wildman–Crippen LogP) is -0.317. The Hall–Kier alpha value is -2.18. The Labute approximate surface area is 79.2 Å². The van der Waals surface area contributed by atoms with Crippen LogP contribution in [0.5, 0.6) is 0 Å². The summed E-state index contributed by atoms with van der Waals surface area (Å²) in [7, 11) is 0. The molecular formula is C7H8N4O3. The SMILES string of the molecule is O=C(O)CNC(=O)Nc1cncnc1. The Morgan fingerprint density at radius 1 is 1.36 bits per heavy atom. The molecule has 7 nitrogen and oxygen atoms in total. The van der Waals surface area contributed by atoms with E-state index in [-0.39, 0.29) is 0 Å². The highest BCUT2D eigenvalue weighted by atomic mass is 16.4. The number of nitrogens with one attached hydrogen (secondary N) is 2. The van der Waals surface area contributed by atoms with E-state index in [1.165, 1.54) is 18.7 Å². The van der Waals surface area contributed by atoms with Crippen molar-refractivity contribution in [2.45, 2.75) is 0 Å². The van der Waals surface area contributed by atoms with Crippen molar-refractivity contribution in [1.29, 1.82) is 0 Å². The van der Waals surface area contributed by atoms with Crippen LogP contribution >= 0.6 is 0 Å². The number of amides is 2. The van der Waals surface area contributed by atoms with Crippen molar-refractivity contribution in [1.82, 2.24) is 15.3 Å². The molecule has 14 heavy (non-hydrogen) atoms. The highest BCUT2D eigenvalue weighted by molar-refractivity contribution is 5.90. The topological polar surface area (TPSA) is 104 Å². The summed E-state index contributed by atoms with van der Waals surface area (Å²) in [5, 5.41) is 12.7. The molecule has 0 spiro atoms. The van der Waals surface area contributed by atoms with Crippen LogP contribution in [0.4, 0.5) is 10.5 Å². The van der Waals surface area contributed by atoms with Gasteiger partial charge in [-0.1, -0.05) is 0 Å². The highest BCUT2D eigenvalue weighted by Crippen LogP contribution is 1.98. The Balaban J connectivity index is 2.38. The highest BCUT2D eigenvalue weighted by Gasteiger charge is 2.03. The van der Waals surface area contributed by atoms with E-state index < -0.39 is 18.5 Å². The molecule has 7 heteroatoms. The van der Waals surface area contributed by atoms with Gasteiger partial charge in [-0.15, -0.1) is 0 Å². The fourth-order valence-electron chi connectivity index (χ4n) is 0.695. The van der Waals surface area contributed by atoms with Gasteiger partial charge in [-0.3, -0.25) is 4.79 Å². The van der Waals surface area contributed by atoms with Crippen LogP contribution in [0.3, 0.4) is 0 Å². The van der Waals surface area contributed by atoms with Gasteiger partial charge < -0.3 is 15.7 Å². The summed E-state index contributed by atoms with van der Waals surface area (Å²) < 4.78 is 0. The molecule has 0 bridgehead atoms. The number of carboxylic acids is 1. The van der Waals surface area contributed by atoms with E-state index in [2.05, 4.69) is 20.6 Å². The van der Waals surface area contributed by atoms with Crippen molar-refractivity contribution in [3.8, 4) is 0 Å². The molecule has 0 atom stereocenters. The van der Waals surface area contributed by atoms with Gasteiger partial charge in [-0.2, -0.15) is 0 Å². The summed E-state index contributed by atoms with van der Waals surface area (Å²) in [6.07, 6.45) is 4.11. The fraction of sp³-hybridized carbons (Fsp3) is 0.143. The van der Waals surface area contributed by atoms with E-state index >= 15 is 0 Å². The van der Waals surface area contributed by atoms with Crippen molar-refractivity contribution < 1.29 is 14.7 Å². The molecule has 1 rings (SSSR count). The van der Waals surface area contributed by atoms with Crippen LogP contribution in [0.15, 0.2) is 18.7 Å². The summed E-state index contributed by atoms with van der Waals surface area (Å²) in [5.74, 6) is -1.11. The largest absolute Gasteiger partial charge is 0.480 e. The summed E-state index contributed by atoms with van der Waals surface area (Å²) in [6.45, 7) is -0.431. The molecule has 0 radical (unpaired) electrons. The monoisotopic (exact) mass is 196 g/mol. The van der Waals surface area contributed by atoms with E-state index in [4.69, 9.17) is 5.11 Å². The van der Waals surface area contributed by atoms with Gasteiger partial charge in [0.25, 0.3) is 0 Å². The zero-order valence-electron chi connectivity index (χ0n) is 7.10. The van der Waals surface area contributed by atoms with Gasteiger partial charge in [-0.25, -0.2) is 14.8 Å². The van der Waals surface area contributed by atoms with Gasteiger partial charge in [0.15, 0.2) is 0 Å². The predicted molar refractivity (Wildman–Crippen MR) is 46.7 cm³/mol. The number of carbonyl (C=O) groups excluding carboxylic acids is 1. The van der Waals surface area contributed by atoms with Crippen molar-refractivity contribution >= 4 is 17.7 Å². The minimum absolute atomic E-state index is 0.399. The minimum Gasteiger partial charge on any atom is -0.480 e. The number of aliphatic carboxylic acids is 1. The molecule has 0 aliphatic heterocycles. The molecule has 0 aromatic carbocycles. The lowest BCUT2D eigenvalue weighted by Gasteiger charge is -2.03. The Kier molecular flexibility index (Phi) is 3.36. The first kappa shape index (κ1) is 9.90. The third kappa shape index (κ3) is 3.48. The molecule has 0 saturated heterocycles. The molecule has 0 unspecified atom stereocenters. The number of anilines is 1. The minimum atomic E-state index is -1.11. The third-order valence-corrected chi connectivity index (χ3v) is 1.22. The molecule has 0 saturated carbocycles. The first-order valence-corrected chi connectivity index (χ1v) is 3.70. The number of carboxylic acid groups (broad SMARTS) is 1. The van der Waals surface area contributed by atoms with Gasteiger partial charge in [0.05, 0.1) is 18.1 Å². The van der Waals surface area contributed by atoms with E-state index in [0.717, 1.165) is 0 Å². The number of nitrogens with zero attached hydrogens (tertiary/aromatic N) is 2. The van der Waals surface area contributed by atoms with E-state index in [0.29, 0.717) is 5.69 Å². The van der Waals surface area contributed by atoms with Crippen LogP contribution in [-0.4, -0.2) is 33.6 Å². The number of aromatic nitrogens is 2. The molecule has 0 aliphatic carbocycles. The maximum Gasteiger partial charge on any atom is 0.323 e. The van der Waals surface area contributed by atoms with E-state index in [9.17, 15) is 9.59 Å². The summed E-state index contributed by atoms with van der Waals surface area (Å²) in [5.41, 5.74) is 0.399. The van der Waals surface area contributed by atoms with Crippen LogP contribution in [0.1, 0.15) is 0 Å². The number of urea groups is 1. The number of hydrogen-bond donors (Lipinski definition) is 3. The fourth-order valence-corrected chi connectivity index (χ4v) is 0.695. The molecule has 0 aliphatic rings. The zero-order valence-corrected chi connectivity index (χ0v) is 7.10. The summed E-state index contributed by atoms with van der Waals surface area (Å²) in [4.78, 5) is 28.4. The molecule has 74 valence electrons. The summed E-state index contributed by atoms with van der Waals surface area (Å²) in [6, 6.07) is -0.609. The van der Waals surface area contributed by atoms with Crippen molar-refractivity contribution in [2.24, 2.45) is 0 Å². The normalized spacial score (nSPS) is 9.14. The molecule has 3 N–H and O–H groups in total. The third-order valence-electron chi connectivity index (χ3n) is 1.22. The molecule has 1 heterocycles. The number of carbonyl (C=O) groups is 2. The lowest BCUT2D eigenvalue weighted by atomic mass is 10.5. The molecule has 1 aromatic heterocycles. The smallest absolute Gasteiger partial charge is 0.323 e. The second-order valence-corrected chi connectivity index (χ2v) is 2.33. The quantitative estimate of drug-likeness (QED) is 0.614. The molecule has 0 fully saturated rings. The summed E-state index contributed by atoms with van der Waals surface area (Å²) >= 11 is 0. The van der Waals surface area contributed by atoms with E-state index in [1.807, 2.05) is 0 Å². The Morgan fingerprint density at radius 2 is 2.00 bits per heavy atom. The first-order valence-electron chi connectivity index (χ1n) is 3.70. The van der Waals surface area contributed by atoms with Gasteiger partial charge in [0.1, 0.15) is 12.9 Å². The van der Waals surface area contributed by atoms with Crippen molar-refractivity contribution in [2.75, 3.05) is 11.9 Å². The van der Waals surface area contributed by atoms with Crippen molar-refractivity contribution in [3.05, 3.63) is 18.7 Å². The Morgan fingerprint density at radius 3 is 2.57 bits per heavy atom. The molecule has 2 amide bonds. The van der Waals surface area contributed by atoms with Crippen molar-refractivity contribution in [3.63, 3.8) is 0 Å². The number of rotatable bonds is 3. The second kappa shape index (κ2) is 4.75. The zero-order chi connectivity index (χ0) is 10.4. The van der Waals surface area contributed by atoms with Gasteiger partial charge in [0.2, 0.25) is 0 Å². The van der Waals surface area contributed by atoms with Gasteiger partial charge in [-0.05, 0) is 0 Å². The van der Waals surface area contributed by atoms with Crippen LogP contribution in [0.2, 0.25) is 0 Å². The molecular weight excluding hydrogens is 188 g/mol. The second-order valence-electron chi connectivity index (χ2n) is 2.33. The lowest BCUT2D eigenvalue weighted by Crippen LogP contribution is -2.33. The average Bonchev–Trinajstić information content (AvgIpc) is 2.16. The average molecular weight is 196 g/mol. The van der Waals surface area contributed by atoms with Crippen LogP contribution in [0, 0.1) is 0 Å². The van der Waals surface area contributed by atoms with E-state index in [1.54, 1.807) is 0 Å². The Bertz CT molecular complexity index is 327. The lowest BCUT2D eigenvalue weighted by molar-refractivity contribution is -0.135. The standard InChI is InChI=1S/C7H8N4O3/c12-6(13)3-10-7(14)11-5-1-8-4-9-2-5/h1-2,4H,3H2,(H,12,13)(H2,10,11,14). The number of hydrogen-bond acceptors (Lipinski definition) is 4. The maximum absolute atomic E-state index is 11.0. The van der Waals surface area contributed by atoms with Gasteiger partial charge in [0, 0.05) is 0 Å². The first-order chi connectivity index (χ1) is 6.68. The van der Waals surface area contributed by atoms with Crippen LogP contribution in [-0.2, 0) is 4.79 Å². The van der Waals surface area contributed by atoms with Gasteiger partial charge >= 0.3 is 12.0 Å².